The monoisotopic (exact) mass is 417 g/mol. The van der Waals surface area contributed by atoms with Crippen LogP contribution in [0.2, 0.25) is 5.15 Å². The van der Waals surface area contributed by atoms with Gasteiger partial charge in [-0.1, -0.05) is 48.1 Å². The average molecular weight is 418 g/mol. The van der Waals surface area contributed by atoms with Crippen molar-refractivity contribution in [3.63, 3.8) is 0 Å². The molecule has 1 aromatic heterocycles. The van der Waals surface area contributed by atoms with E-state index in [1.165, 1.54) is 17.6 Å². The molecule has 0 atom stereocenters. The van der Waals surface area contributed by atoms with Crippen LogP contribution in [0.25, 0.3) is 0 Å². The molecular formula is C19H20ClN5O2S. The van der Waals surface area contributed by atoms with Crippen LogP contribution >= 0.6 is 22.9 Å². The van der Waals surface area contributed by atoms with Crippen LogP contribution < -0.4 is 10.6 Å². The minimum absolute atomic E-state index is 0.264. The molecule has 1 aromatic carbocycles. The number of hydrazone groups is 1. The van der Waals surface area contributed by atoms with Crippen LogP contribution in [-0.4, -0.2) is 33.7 Å². The number of hydrogen-bond donors (Lipinski definition) is 2. The highest BCUT2D eigenvalue weighted by Crippen LogP contribution is 2.36. The van der Waals surface area contributed by atoms with Crippen molar-refractivity contribution in [1.29, 1.82) is 0 Å². The summed E-state index contributed by atoms with van der Waals surface area (Å²) < 4.78 is 0. The van der Waals surface area contributed by atoms with E-state index >= 15 is 0 Å². The standard InChI is InChI=1S/C19H20ClN5O2S/c1-12-7-9-19(10-8-12)16(26)25(18(27)24-19)21-11-14-15(20)23-17(28-14)22-13-5-3-2-4-6-13/h2-6,11-12H,7-10H2,1H3,(H,22,23)(H,24,27)/b21-11+. The van der Waals surface area contributed by atoms with Crippen LogP contribution in [0.3, 0.4) is 0 Å². The number of para-hydroxylation sites is 1. The van der Waals surface area contributed by atoms with Gasteiger partial charge in [0.1, 0.15) is 5.54 Å². The first-order valence-electron chi connectivity index (χ1n) is 9.16. The Labute approximate surface area is 171 Å². The molecule has 2 aliphatic rings. The normalized spacial score (nSPS) is 24.9. The van der Waals surface area contributed by atoms with Gasteiger partial charge in [-0.15, -0.1) is 5.01 Å². The predicted molar refractivity (Wildman–Crippen MR) is 110 cm³/mol. The maximum absolute atomic E-state index is 12.8. The van der Waals surface area contributed by atoms with Gasteiger partial charge in [0.15, 0.2) is 10.3 Å². The molecule has 1 aliphatic heterocycles. The lowest BCUT2D eigenvalue weighted by molar-refractivity contribution is -0.132. The van der Waals surface area contributed by atoms with E-state index in [0.717, 1.165) is 23.5 Å². The molecule has 2 heterocycles. The third-order valence-corrected chi connectivity index (χ3v) is 6.50. The summed E-state index contributed by atoms with van der Waals surface area (Å²) in [7, 11) is 0. The van der Waals surface area contributed by atoms with Gasteiger partial charge >= 0.3 is 6.03 Å². The van der Waals surface area contributed by atoms with E-state index < -0.39 is 11.6 Å². The number of urea groups is 1. The van der Waals surface area contributed by atoms with Crippen molar-refractivity contribution in [2.75, 3.05) is 5.32 Å². The Balaban J connectivity index is 1.48. The Morgan fingerprint density at radius 1 is 1.32 bits per heavy atom. The van der Waals surface area contributed by atoms with Crippen molar-refractivity contribution >= 4 is 51.9 Å². The van der Waals surface area contributed by atoms with Crippen LogP contribution in [0.1, 0.15) is 37.5 Å². The first-order valence-corrected chi connectivity index (χ1v) is 10.4. The number of hydrogen-bond acceptors (Lipinski definition) is 6. The molecule has 1 saturated carbocycles. The van der Waals surface area contributed by atoms with Crippen LogP contribution in [0.4, 0.5) is 15.6 Å². The second kappa shape index (κ2) is 7.52. The molecule has 2 aromatic rings. The average Bonchev–Trinajstić information content (AvgIpc) is 3.14. The van der Waals surface area contributed by atoms with Crippen molar-refractivity contribution < 1.29 is 9.59 Å². The lowest BCUT2D eigenvalue weighted by atomic mass is 9.77. The Morgan fingerprint density at radius 2 is 2.04 bits per heavy atom. The van der Waals surface area contributed by atoms with E-state index in [1.807, 2.05) is 30.3 Å². The van der Waals surface area contributed by atoms with Gasteiger partial charge in [0.25, 0.3) is 5.91 Å². The first-order chi connectivity index (χ1) is 13.5. The summed E-state index contributed by atoms with van der Waals surface area (Å²) in [5.41, 5.74) is 0.0808. The Kier molecular flexibility index (Phi) is 5.07. The van der Waals surface area contributed by atoms with E-state index in [-0.39, 0.29) is 11.1 Å². The van der Waals surface area contributed by atoms with Gasteiger partial charge in [0, 0.05) is 5.69 Å². The van der Waals surface area contributed by atoms with E-state index in [1.54, 1.807) is 0 Å². The fourth-order valence-corrected chi connectivity index (χ4v) is 4.55. The van der Waals surface area contributed by atoms with E-state index in [2.05, 4.69) is 27.6 Å². The summed E-state index contributed by atoms with van der Waals surface area (Å²) in [5, 5.41) is 11.9. The number of aromatic nitrogens is 1. The lowest BCUT2D eigenvalue weighted by Crippen LogP contribution is -2.49. The number of nitrogens with one attached hydrogen (secondary N) is 2. The van der Waals surface area contributed by atoms with Crippen molar-refractivity contribution in [3.8, 4) is 0 Å². The molecule has 0 bridgehead atoms. The predicted octanol–water partition coefficient (Wildman–Crippen LogP) is 4.37. The summed E-state index contributed by atoms with van der Waals surface area (Å²) in [5.74, 6) is 0.281. The van der Waals surface area contributed by atoms with Crippen LogP contribution in [-0.2, 0) is 4.79 Å². The van der Waals surface area contributed by atoms with Crippen LogP contribution in [0.15, 0.2) is 35.4 Å². The van der Waals surface area contributed by atoms with Crippen molar-refractivity contribution in [3.05, 3.63) is 40.4 Å². The van der Waals surface area contributed by atoms with Gasteiger partial charge in [-0.25, -0.2) is 9.78 Å². The molecule has 9 heteroatoms. The number of carbonyl (C=O) groups is 2. The smallest absolute Gasteiger partial charge is 0.331 e. The minimum Gasteiger partial charge on any atom is -0.331 e. The van der Waals surface area contributed by atoms with Gasteiger partial charge in [-0.05, 0) is 43.7 Å². The molecule has 146 valence electrons. The molecule has 0 unspecified atom stereocenters. The summed E-state index contributed by atoms with van der Waals surface area (Å²) in [4.78, 5) is 30.0. The first kappa shape index (κ1) is 18.9. The zero-order valence-corrected chi connectivity index (χ0v) is 16.9. The van der Waals surface area contributed by atoms with Gasteiger partial charge in [0.05, 0.1) is 11.1 Å². The number of thiazole rings is 1. The summed E-state index contributed by atoms with van der Waals surface area (Å²) in [6.07, 6.45) is 4.55. The molecule has 2 N–H and O–H groups in total. The van der Waals surface area contributed by atoms with Gasteiger partial charge in [-0.2, -0.15) is 5.10 Å². The highest BCUT2D eigenvalue weighted by Gasteiger charge is 2.52. The van der Waals surface area contributed by atoms with Crippen molar-refractivity contribution in [2.45, 2.75) is 38.1 Å². The molecule has 28 heavy (non-hydrogen) atoms. The molecule has 7 nitrogen and oxygen atoms in total. The maximum Gasteiger partial charge on any atom is 0.346 e. The third kappa shape index (κ3) is 3.62. The second-order valence-corrected chi connectivity index (χ2v) is 8.61. The zero-order chi connectivity index (χ0) is 19.7. The van der Waals surface area contributed by atoms with E-state index in [0.29, 0.717) is 28.8 Å². The minimum atomic E-state index is -0.807. The van der Waals surface area contributed by atoms with Gasteiger partial charge < -0.3 is 10.6 Å². The third-order valence-electron chi connectivity index (χ3n) is 5.19. The molecule has 1 aliphatic carbocycles. The zero-order valence-electron chi connectivity index (χ0n) is 15.3. The molecular weight excluding hydrogens is 398 g/mol. The SMILES string of the molecule is CC1CCC2(CC1)NC(=O)N(/N=C/c1sc(Nc3ccccc3)nc1Cl)C2=O. The second-order valence-electron chi connectivity index (χ2n) is 7.22. The number of imide groups is 1. The molecule has 2 fully saturated rings. The summed E-state index contributed by atoms with van der Waals surface area (Å²) >= 11 is 7.49. The molecule has 4 rings (SSSR count). The number of amides is 3. The Morgan fingerprint density at radius 3 is 2.75 bits per heavy atom. The van der Waals surface area contributed by atoms with E-state index in [4.69, 9.17) is 11.6 Å². The number of carbonyl (C=O) groups excluding carboxylic acids is 2. The number of rotatable bonds is 4. The Bertz CT molecular complexity index is 922. The van der Waals surface area contributed by atoms with Gasteiger partial charge in [0.2, 0.25) is 0 Å². The molecule has 0 radical (unpaired) electrons. The Hall–Kier alpha value is -2.45. The maximum atomic E-state index is 12.8. The number of nitrogens with zero attached hydrogens (tertiary/aromatic N) is 3. The molecule has 3 amide bonds. The van der Waals surface area contributed by atoms with E-state index in [9.17, 15) is 9.59 Å². The summed E-state index contributed by atoms with van der Waals surface area (Å²) in [6.45, 7) is 2.16. The highest BCUT2D eigenvalue weighted by molar-refractivity contribution is 7.17. The van der Waals surface area contributed by atoms with Crippen molar-refractivity contribution in [1.82, 2.24) is 15.3 Å². The van der Waals surface area contributed by atoms with Gasteiger partial charge in [-0.3, -0.25) is 4.79 Å². The largest absolute Gasteiger partial charge is 0.346 e. The number of anilines is 2. The topological polar surface area (TPSA) is 86.7 Å². The van der Waals surface area contributed by atoms with Crippen LogP contribution in [0, 0.1) is 5.92 Å². The highest BCUT2D eigenvalue weighted by atomic mass is 35.5. The fraction of sp³-hybridized carbons (Fsp3) is 0.368. The fourth-order valence-electron chi connectivity index (χ4n) is 3.51. The lowest BCUT2D eigenvalue weighted by Gasteiger charge is -2.33. The quantitative estimate of drug-likeness (QED) is 0.571. The summed E-state index contributed by atoms with van der Waals surface area (Å²) in [6, 6.07) is 9.11. The number of benzene rings is 1. The number of halogens is 1. The van der Waals surface area contributed by atoms with Crippen LogP contribution in [0.5, 0.6) is 0 Å². The van der Waals surface area contributed by atoms with Crippen molar-refractivity contribution in [2.24, 2.45) is 11.0 Å². The molecule has 1 spiro atoms. The molecule has 1 saturated heterocycles.